The van der Waals surface area contributed by atoms with E-state index in [1.165, 1.54) is 0 Å². The van der Waals surface area contributed by atoms with Crippen molar-refractivity contribution in [1.82, 2.24) is 0 Å². The Morgan fingerprint density at radius 3 is 0.550 bits per heavy atom. The van der Waals surface area contributed by atoms with Crippen LogP contribution in [0.5, 0.6) is 0 Å². The van der Waals surface area contributed by atoms with Crippen LogP contribution in [0, 0.1) is 0 Å². The Morgan fingerprint density at radius 1 is 0.550 bits per heavy atom. The van der Waals surface area contributed by atoms with E-state index in [4.69, 9.17) is 30.6 Å². The molecule has 0 aliphatic heterocycles. The van der Waals surface area contributed by atoms with E-state index in [0.717, 1.165) is 0 Å². The van der Waals surface area contributed by atoms with Crippen LogP contribution in [0.2, 0.25) is 0 Å². The molecule has 5 N–H and O–H groups in total. The molecular formula is C12H35LiO6Ta. The van der Waals surface area contributed by atoms with Gasteiger partial charge in [-0.15, -0.1) is 6.61 Å². The molecule has 0 aromatic heterocycles. The van der Waals surface area contributed by atoms with Crippen LogP contribution in [0.3, 0.4) is 0 Å². The minimum Gasteiger partial charge on any atom is -0.855 e. The van der Waals surface area contributed by atoms with E-state index in [2.05, 4.69) is 0 Å². The fourth-order valence-electron chi connectivity index (χ4n) is 0. The summed E-state index contributed by atoms with van der Waals surface area (Å²) in [6, 6.07) is 0. The van der Waals surface area contributed by atoms with Crippen molar-refractivity contribution in [3.05, 3.63) is 0 Å². The summed E-state index contributed by atoms with van der Waals surface area (Å²) in [4.78, 5) is 0. The van der Waals surface area contributed by atoms with E-state index in [9.17, 15) is 0 Å². The van der Waals surface area contributed by atoms with Gasteiger partial charge in [0.2, 0.25) is 0 Å². The largest absolute Gasteiger partial charge is 1.00 e. The van der Waals surface area contributed by atoms with Gasteiger partial charge in [0, 0.05) is 55.4 Å². The van der Waals surface area contributed by atoms with Gasteiger partial charge in [-0.05, 0) is 34.6 Å². The SMILES string of the molecule is CCO.CCO.CCO.CCO.CCO.CC[O-].[Li+].[Ta]. The van der Waals surface area contributed by atoms with Gasteiger partial charge in [-0.1, -0.05) is 6.92 Å². The number of rotatable bonds is 0. The molecule has 1 radical (unpaired) electrons. The quantitative estimate of drug-likeness (QED) is 0.236. The van der Waals surface area contributed by atoms with Crippen molar-refractivity contribution >= 4 is 0 Å². The average molecular weight is 463 g/mol. The van der Waals surface area contributed by atoms with E-state index in [1.54, 1.807) is 41.5 Å². The van der Waals surface area contributed by atoms with Gasteiger partial charge >= 0.3 is 18.9 Å². The molecule has 0 saturated heterocycles. The summed E-state index contributed by atoms with van der Waals surface area (Å²) in [6.45, 7) is 11.2. The zero-order valence-electron chi connectivity index (χ0n) is 14.3. The first-order valence-electron chi connectivity index (χ1n) is 6.11. The van der Waals surface area contributed by atoms with Gasteiger partial charge in [0.05, 0.1) is 0 Å². The molecule has 0 aromatic carbocycles. The molecule has 0 unspecified atom stereocenters. The van der Waals surface area contributed by atoms with Crippen molar-refractivity contribution in [3.63, 3.8) is 0 Å². The second kappa shape index (κ2) is 146. The predicted octanol–water partition coefficient (Wildman–Crippen LogP) is -3.64. The Hall–Kier alpha value is 1.10. The number of aliphatic hydroxyl groups is 5. The van der Waals surface area contributed by atoms with Crippen LogP contribution in [0.15, 0.2) is 0 Å². The summed E-state index contributed by atoms with van der Waals surface area (Å²) in [5.41, 5.74) is 0. The van der Waals surface area contributed by atoms with Gasteiger partial charge < -0.3 is 30.6 Å². The van der Waals surface area contributed by atoms with E-state index >= 15 is 0 Å². The zero-order chi connectivity index (χ0) is 16.2. The Balaban J connectivity index is -0.0000000141. The van der Waals surface area contributed by atoms with E-state index in [1.807, 2.05) is 0 Å². The second-order valence-electron chi connectivity index (χ2n) is 1.87. The monoisotopic (exact) mass is 463 g/mol. The maximum absolute atomic E-state index is 8.93. The topological polar surface area (TPSA) is 124 Å². The number of aliphatic hydroxyl groups excluding tert-OH is 5. The summed E-state index contributed by atoms with van der Waals surface area (Å²) < 4.78 is 0. The average Bonchev–Trinajstić information content (AvgIpc) is 2.23. The molecule has 0 atom stereocenters. The van der Waals surface area contributed by atoms with Crippen molar-refractivity contribution < 1.29 is 71.9 Å². The molecule has 0 fully saturated rings. The molecular weight excluding hydrogens is 428 g/mol. The van der Waals surface area contributed by atoms with Crippen LogP contribution in [0.1, 0.15) is 41.5 Å². The molecule has 8 heteroatoms. The Morgan fingerprint density at radius 2 is 0.550 bits per heavy atom. The predicted molar refractivity (Wildman–Crippen MR) is 74.3 cm³/mol. The summed E-state index contributed by atoms with van der Waals surface area (Å²) >= 11 is 0. The fraction of sp³-hybridized carbons (Fsp3) is 1.00. The van der Waals surface area contributed by atoms with Gasteiger partial charge in [-0.25, -0.2) is 0 Å². The van der Waals surface area contributed by atoms with Gasteiger partial charge in [0.25, 0.3) is 0 Å². The van der Waals surface area contributed by atoms with Crippen LogP contribution >= 0.6 is 0 Å². The van der Waals surface area contributed by atoms with Gasteiger partial charge in [0.15, 0.2) is 0 Å². The first-order valence-corrected chi connectivity index (χ1v) is 6.11. The maximum Gasteiger partial charge on any atom is 1.00 e. The summed E-state index contributed by atoms with van der Waals surface area (Å²) in [7, 11) is 0. The first kappa shape index (κ1) is 49.7. The molecule has 0 aliphatic rings. The van der Waals surface area contributed by atoms with Crippen LogP contribution < -0.4 is 24.0 Å². The molecule has 0 bridgehead atoms. The molecule has 0 aliphatic carbocycles. The van der Waals surface area contributed by atoms with Crippen molar-refractivity contribution in [2.24, 2.45) is 0 Å². The summed E-state index contributed by atoms with van der Waals surface area (Å²) in [5.74, 6) is 0. The first-order chi connectivity index (χ1) is 8.49. The van der Waals surface area contributed by atoms with Crippen molar-refractivity contribution in [3.8, 4) is 0 Å². The molecule has 0 rings (SSSR count). The molecule has 0 amide bonds. The second-order valence-corrected chi connectivity index (χ2v) is 1.87. The van der Waals surface area contributed by atoms with E-state index in [0.29, 0.717) is 0 Å². The molecule has 20 heavy (non-hydrogen) atoms. The molecule has 0 spiro atoms. The minimum atomic E-state index is 0. The van der Waals surface area contributed by atoms with Crippen molar-refractivity contribution in [2.45, 2.75) is 41.5 Å². The molecule has 0 aromatic rings. The zero-order valence-corrected chi connectivity index (χ0v) is 17.5. The molecule has 0 saturated carbocycles. The third kappa shape index (κ3) is 5190. The van der Waals surface area contributed by atoms with Crippen molar-refractivity contribution in [1.29, 1.82) is 0 Å². The Labute approximate surface area is 152 Å². The molecule has 6 nitrogen and oxygen atoms in total. The normalized spacial score (nSPS) is 5.40. The van der Waals surface area contributed by atoms with Crippen LogP contribution in [0.4, 0.5) is 0 Å². The minimum absolute atomic E-state index is 0. The van der Waals surface area contributed by atoms with E-state index in [-0.39, 0.29) is 80.9 Å². The third-order valence-corrected chi connectivity index (χ3v) is 0. The van der Waals surface area contributed by atoms with Crippen LogP contribution in [-0.4, -0.2) is 65.2 Å². The van der Waals surface area contributed by atoms with Gasteiger partial charge in [-0.2, -0.15) is 0 Å². The standard InChI is InChI=1S/5C2H6O.C2H5O.Li.Ta/c6*1-2-3;;/h5*3H,2H2,1H3;2H2,1H3;;/q;;;;;-1;+1;. The van der Waals surface area contributed by atoms with Gasteiger partial charge in [0.1, 0.15) is 0 Å². The third-order valence-electron chi connectivity index (χ3n) is 0. The summed E-state index contributed by atoms with van der Waals surface area (Å²) in [5, 5.41) is 46.8. The smallest absolute Gasteiger partial charge is 0.855 e. The maximum atomic E-state index is 8.93. The molecule has 125 valence electrons. The number of hydrogen-bond donors (Lipinski definition) is 5. The molecule has 0 heterocycles. The van der Waals surface area contributed by atoms with Crippen LogP contribution in [0.25, 0.3) is 0 Å². The summed E-state index contributed by atoms with van der Waals surface area (Å²) in [6.07, 6.45) is 0. The Kier molecular flexibility index (Phi) is 361. The van der Waals surface area contributed by atoms with E-state index < -0.39 is 0 Å². The number of hydrogen-bond acceptors (Lipinski definition) is 6. The van der Waals surface area contributed by atoms with Crippen molar-refractivity contribution in [2.75, 3.05) is 39.6 Å². The Bertz CT molecular complexity index is 43.4. The fourth-order valence-corrected chi connectivity index (χ4v) is 0. The van der Waals surface area contributed by atoms with Gasteiger partial charge in [-0.3, -0.25) is 0 Å². The van der Waals surface area contributed by atoms with Crippen LogP contribution in [-0.2, 0) is 22.4 Å².